The molecule has 0 bridgehead atoms. The molecule has 6 nitrogen and oxygen atoms in total. The normalized spacial score (nSPS) is 11.6. The molecule has 0 aromatic heterocycles. The molecule has 0 saturated carbocycles. The molecule has 0 heterocycles. The number of hydrogen-bond acceptors (Lipinski definition) is 3. The maximum absolute atomic E-state index is 12.3. The largest absolute Gasteiger partial charge is 0.481 e. The van der Waals surface area contributed by atoms with Crippen LogP contribution in [0.5, 0.6) is 0 Å². The van der Waals surface area contributed by atoms with Crippen molar-refractivity contribution in [3.63, 3.8) is 0 Å². The summed E-state index contributed by atoms with van der Waals surface area (Å²) in [5.74, 6) is -2.78. The average Bonchev–Trinajstić information content (AvgIpc) is 2.65. The molecule has 6 heteroatoms. The second-order valence-electron chi connectivity index (χ2n) is 6.33. The smallest absolute Gasteiger partial charge is 0.305 e. The lowest BCUT2D eigenvalue weighted by Crippen LogP contribution is -2.33. The minimum absolute atomic E-state index is 0.0324. The first-order chi connectivity index (χ1) is 13.0. The van der Waals surface area contributed by atoms with Crippen LogP contribution < -0.4 is 5.32 Å². The van der Waals surface area contributed by atoms with Crippen molar-refractivity contribution in [3.8, 4) is 11.1 Å². The molecule has 0 aliphatic rings. The third-order valence-electron chi connectivity index (χ3n) is 4.26. The zero-order valence-electron chi connectivity index (χ0n) is 14.9. The number of carbonyl (C=O) groups excluding carboxylic acids is 1. The number of nitrogens with one attached hydrogen (secondary N) is 1. The Morgan fingerprint density at radius 1 is 0.815 bits per heavy atom. The van der Waals surface area contributed by atoms with Gasteiger partial charge in [0.15, 0.2) is 0 Å². The summed E-state index contributed by atoms with van der Waals surface area (Å²) in [5.41, 5.74) is 3.09. The van der Waals surface area contributed by atoms with Crippen molar-refractivity contribution in [1.29, 1.82) is 0 Å². The fourth-order valence-electron chi connectivity index (χ4n) is 2.81. The van der Waals surface area contributed by atoms with Gasteiger partial charge in [-0.2, -0.15) is 0 Å². The van der Waals surface area contributed by atoms with Crippen molar-refractivity contribution in [1.82, 2.24) is 5.32 Å². The molecule has 0 radical (unpaired) electrons. The Bertz CT molecular complexity index is 771. The molecule has 1 amide bonds. The monoisotopic (exact) mass is 369 g/mol. The van der Waals surface area contributed by atoms with E-state index in [0.29, 0.717) is 6.42 Å². The Kier molecular flexibility index (Phi) is 7.55. The van der Waals surface area contributed by atoms with Gasteiger partial charge in [-0.25, -0.2) is 0 Å². The van der Waals surface area contributed by atoms with Crippen LogP contribution in [0.4, 0.5) is 0 Å². The predicted octanol–water partition coefficient (Wildman–Crippen LogP) is 2.97. The summed E-state index contributed by atoms with van der Waals surface area (Å²) in [6.07, 6.45) is 0.332. The fraction of sp³-hybridized carbons (Fsp3) is 0.286. The van der Waals surface area contributed by atoms with Gasteiger partial charge in [-0.1, -0.05) is 54.6 Å². The highest BCUT2D eigenvalue weighted by Gasteiger charge is 2.20. The van der Waals surface area contributed by atoms with Gasteiger partial charge >= 0.3 is 11.9 Å². The molecular formula is C21H23NO5. The van der Waals surface area contributed by atoms with Crippen LogP contribution in [-0.4, -0.2) is 34.6 Å². The number of amides is 1. The first-order valence-electron chi connectivity index (χ1n) is 8.81. The van der Waals surface area contributed by atoms with Crippen LogP contribution >= 0.6 is 0 Å². The third-order valence-corrected chi connectivity index (χ3v) is 4.26. The van der Waals surface area contributed by atoms with Crippen LogP contribution in [0.15, 0.2) is 54.6 Å². The number of rotatable bonds is 10. The molecule has 0 saturated heterocycles. The zero-order valence-corrected chi connectivity index (χ0v) is 14.9. The standard InChI is InChI=1S/C21H23NO5/c23-19(24)11-10-18(21(27)22-13-12-20(25)26)14-15-6-8-17(9-7-15)16-4-2-1-3-5-16/h1-9,18H,10-14H2,(H,22,27)(H,23,24)(H,25,26)/t18-/m0/s1. The summed E-state index contributed by atoms with van der Waals surface area (Å²) in [5, 5.41) is 20.2. The highest BCUT2D eigenvalue weighted by Crippen LogP contribution is 2.21. The van der Waals surface area contributed by atoms with Crippen molar-refractivity contribution in [2.24, 2.45) is 5.92 Å². The zero-order chi connectivity index (χ0) is 19.6. The quantitative estimate of drug-likeness (QED) is 0.597. The molecule has 0 unspecified atom stereocenters. The molecule has 2 aromatic rings. The molecule has 142 valence electrons. The van der Waals surface area contributed by atoms with E-state index in [2.05, 4.69) is 5.32 Å². The van der Waals surface area contributed by atoms with Crippen LogP contribution in [0.3, 0.4) is 0 Å². The number of hydrogen-bond donors (Lipinski definition) is 3. The number of aliphatic carboxylic acids is 2. The van der Waals surface area contributed by atoms with E-state index in [1.807, 2.05) is 54.6 Å². The number of carbonyl (C=O) groups is 3. The maximum atomic E-state index is 12.3. The Labute approximate surface area is 157 Å². The van der Waals surface area contributed by atoms with Crippen LogP contribution in [0.2, 0.25) is 0 Å². The summed E-state index contributed by atoms with van der Waals surface area (Å²) in [4.78, 5) is 33.8. The number of benzene rings is 2. The van der Waals surface area contributed by atoms with Crippen molar-refractivity contribution in [2.75, 3.05) is 6.54 Å². The predicted molar refractivity (Wildman–Crippen MR) is 101 cm³/mol. The van der Waals surface area contributed by atoms with Gasteiger partial charge in [-0.05, 0) is 29.5 Å². The lowest BCUT2D eigenvalue weighted by atomic mass is 9.92. The Morgan fingerprint density at radius 2 is 1.41 bits per heavy atom. The molecule has 1 atom stereocenters. The Morgan fingerprint density at radius 3 is 2.00 bits per heavy atom. The molecular weight excluding hydrogens is 346 g/mol. The van der Waals surface area contributed by atoms with Gasteiger partial charge < -0.3 is 15.5 Å². The van der Waals surface area contributed by atoms with Gasteiger partial charge in [0.2, 0.25) is 5.91 Å². The van der Waals surface area contributed by atoms with E-state index >= 15 is 0 Å². The van der Waals surface area contributed by atoms with Gasteiger partial charge in [0.1, 0.15) is 0 Å². The lowest BCUT2D eigenvalue weighted by molar-refractivity contribution is -0.138. The Balaban J connectivity index is 2.03. The molecule has 27 heavy (non-hydrogen) atoms. The molecule has 2 aromatic carbocycles. The summed E-state index contributed by atoms with van der Waals surface area (Å²) in [6, 6.07) is 17.7. The van der Waals surface area contributed by atoms with Gasteiger partial charge in [-0.15, -0.1) is 0 Å². The van der Waals surface area contributed by atoms with E-state index in [1.165, 1.54) is 0 Å². The van der Waals surface area contributed by atoms with Gasteiger partial charge in [0.05, 0.1) is 6.42 Å². The third kappa shape index (κ3) is 6.93. The van der Waals surface area contributed by atoms with Crippen molar-refractivity contribution in [3.05, 3.63) is 60.2 Å². The molecule has 2 rings (SSSR count). The lowest BCUT2D eigenvalue weighted by Gasteiger charge is -2.16. The van der Waals surface area contributed by atoms with Crippen LogP contribution in [0.25, 0.3) is 11.1 Å². The second kappa shape index (κ2) is 10.1. The van der Waals surface area contributed by atoms with E-state index in [1.54, 1.807) is 0 Å². The minimum Gasteiger partial charge on any atom is -0.481 e. The van der Waals surface area contributed by atoms with Crippen LogP contribution in [-0.2, 0) is 20.8 Å². The molecule has 0 spiro atoms. The molecule has 0 aliphatic carbocycles. The average molecular weight is 369 g/mol. The van der Waals surface area contributed by atoms with Crippen molar-refractivity contribution < 1.29 is 24.6 Å². The molecule has 0 fully saturated rings. The first kappa shape index (κ1) is 20.2. The van der Waals surface area contributed by atoms with Gasteiger partial charge in [0, 0.05) is 18.9 Å². The topological polar surface area (TPSA) is 104 Å². The van der Waals surface area contributed by atoms with E-state index < -0.39 is 17.9 Å². The number of carboxylic acids is 2. The molecule has 3 N–H and O–H groups in total. The molecule has 0 aliphatic heterocycles. The second-order valence-corrected chi connectivity index (χ2v) is 6.33. The Hall–Kier alpha value is -3.15. The maximum Gasteiger partial charge on any atom is 0.305 e. The van der Waals surface area contributed by atoms with Crippen molar-refractivity contribution in [2.45, 2.75) is 25.7 Å². The summed E-state index contributed by atoms with van der Waals surface area (Å²) in [6.45, 7) is 0.0324. The van der Waals surface area contributed by atoms with E-state index in [-0.39, 0.29) is 31.7 Å². The highest BCUT2D eigenvalue weighted by molar-refractivity contribution is 5.80. The first-order valence-corrected chi connectivity index (χ1v) is 8.81. The van der Waals surface area contributed by atoms with Crippen LogP contribution in [0.1, 0.15) is 24.8 Å². The van der Waals surface area contributed by atoms with Gasteiger partial charge in [0.25, 0.3) is 0 Å². The SMILES string of the molecule is O=C(O)CCNC(=O)[C@@H](CCC(=O)O)Cc1ccc(-c2ccccc2)cc1. The summed E-state index contributed by atoms with van der Waals surface area (Å²) >= 11 is 0. The fourth-order valence-corrected chi connectivity index (χ4v) is 2.81. The number of carboxylic acid groups (broad SMARTS) is 2. The van der Waals surface area contributed by atoms with Gasteiger partial charge in [-0.3, -0.25) is 14.4 Å². The minimum atomic E-state index is -0.992. The highest BCUT2D eigenvalue weighted by atomic mass is 16.4. The van der Waals surface area contributed by atoms with E-state index in [9.17, 15) is 14.4 Å². The summed E-state index contributed by atoms with van der Waals surface area (Å²) in [7, 11) is 0. The van der Waals surface area contributed by atoms with Crippen molar-refractivity contribution >= 4 is 17.8 Å². The van der Waals surface area contributed by atoms with E-state index in [0.717, 1.165) is 16.7 Å². The summed E-state index contributed by atoms with van der Waals surface area (Å²) < 4.78 is 0. The van der Waals surface area contributed by atoms with E-state index in [4.69, 9.17) is 10.2 Å². The van der Waals surface area contributed by atoms with Crippen LogP contribution in [0, 0.1) is 5.92 Å².